The zero-order chi connectivity index (χ0) is 16.8. The maximum atomic E-state index is 5.83. The molecule has 4 heteroatoms. The topological polar surface area (TPSA) is 30.5 Å². The Morgan fingerprint density at radius 3 is 2.39 bits per heavy atom. The molecule has 0 aliphatic heterocycles. The number of nitrogens with one attached hydrogen (secondary N) is 1. The Morgan fingerprint density at radius 2 is 1.78 bits per heavy atom. The van der Waals surface area contributed by atoms with Gasteiger partial charge in [-0.15, -0.1) is 0 Å². The Kier molecular flexibility index (Phi) is 6.34. The Bertz CT molecular complexity index is 639. The molecule has 0 bridgehead atoms. The van der Waals surface area contributed by atoms with Crippen molar-refractivity contribution in [3.63, 3.8) is 0 Å². The maximum absolute atomic E-state index is 5.83. The second-order valence-electron chi connectivity index (χ2n) is 5.71. The van der Waals surface area contributed by atoms with Crippen molar-refractivity contribution < 1.29 is 9.47 Å². The zero-order valence-corrected chi connectivity index (χ0v) is 15.7. The molecular formula is C19H24BrNO2. The molecule has 0 unspecified atom stereocenters. The molecule has 0 heterocycles. The van der Waals surface area contributed by atoms with Gasteiger partial charge in [0.1, 0.15) is 0 Å². The lowest BCUT2D eigenvalue weighted by Gasteiger charge is -2.17. The van der Waals surface area contributed by atoms with E-state index in [9.17, 15) is 0 Å². The number of hydrogen-bond donors (Lipinski definition) is 1. The number of aryl methyl sites for hydroxylation is 1. The smallest absolute Gasteiger partial charge is 0.162 e. The Morgan fingerprint density at radius 1 is 1.09 bits per heavy atom. The summed E-state index contributed by atoms with van der Waals surface area (Å²) in [6.07, 6.45) is 0.109. The summed E-state index contributed by atoms with van der Waals surface area (Å²) in [4.78, 5) is 0. The summed E-state index contributed by atoms with van der Waals surface area (Å²) >= 11 is 3.63. The lowest BCUT2D eigenvalue weighted by molar-refractivity contribution is 0.223. The van der Waals surface area contributed by atoms with Crippen LogP contribution in [0.2, 0.25) is 0 Å². The number of ether oxygens (including phenoxy) is 2. The fourth-order valence-electron chi connectivity index (χ4n) is 2.20. The van der Waals surface area contributed by atoms with E-state index < -0.39 is 0 Å². The van der Waals surface area contributed by atoms with Crippen LogP contribution < -0.4 is 14.8 Å². The van der Waals surface area contributed by atoms with E-state index in [4.69, 9.17) is 9.47 Å². The van der Waals surface area contributed by atoms with E-state index in [0.29, 0.717) is 13.2 Å². The monoisotopic (exact) mass is 377 g/mol. The van der Waals surface area contributed by atoms with E-state index in [1.165, 1.54) is 5.56 Å². The summed E-state index contributed by atoms with van der Waals surface area (Å²) in [6, 6.07) is 12.4. The van der Waals surface area contributed by atoms with Gasteiger partial charge >= 0.3 is 0 Å². The van der Waals surface area contributed by atoms with E-state index in [2.05, 4.69) is 52.4 Å². The van der Waals surface area contributed by atoms with E-state index in [-0.39, 0.29) is 6.10 Å². The molecular weight excluding hydrogens is 354 g/mol. The average Bonchev–Trinajstić information content (AvgIpc) is 2.50. The molecule has 0 amide bonds. The molecule has 1 N–H and O–H groups in total. The fraction of sp³-hybridized carbons (Fsp3) is 0.368. The minimum Gasteiger partial charge on any atom is -0.490 e. The molecule has 0 radical (unpaired) electrons. The van der Waals surface area contributed by atoms with Gasteiger partial charge in [-0.1, -0.05) is 33.6 Å². The highest BCUT2D eigenvalue weighted by atomic mass is 79.9. The van der Waals surface area contributed by atoms with Gasteiger partial charge in [0.05, 0.1) is 12.7 Å². The highest BCUT2D eigenvalue weighted by Crippen LogP contribution is 2.34. The first-order valence-corrected chi connectivity index (χ1v) is 8.71. The van der Waals surface area contributed by atoms with Crippen LogP contribution in [0, 0.1) is 6.92 Å². The number of hydrogen-bond acceptors (Lipinski definition) is 3. The molecule has 0 saturated heterocycles. The van der Waals surface area contributed by atoms with Gasteiger partial charge in [0, 0.05) is 16.7 Å². The third-order valence-electron chi connectivity index (χ3n) is 3.31. The van der Waals surface area contributed by atoms with Gasteiger partial charge in [-0.3, -0.25) is 0 Å². The average molecular weight is 378 g/mol. The van der Waals surface area contributed by atoms with E-state index >= 15 is 0 Å². The van der Waals surface area contributed by atoms with Crippen molar-refractivity contribution in [3.05, 3.63) is 52.0 Å². The van der Waals surface area contributed by atoms with Gasteiger partial charge < -0.3 is 14.8 Å². The maximum Gasteiger partial charge on any atom is 0.162 e. The van der Waals surface area contributed by atoms with Crippen molar-refractivity contribution in [1.29, 1.82) is 0 Å². The van der Waals surface area contributed by atoms with Crippen molar-refractivity contribution in [3.8, 4) is 11.5 Å². The molecule has 124 valence electrons. The van der Waals surface area contributed by atoms with Crippen LogP contribution in [0.15, 0.2) is 40.9 Å². The predicted octanol–water partition coefficient (Wildman–Crippen LogP) is 5.56. The summed E-state index contributed by atoms with van der Waals surface area (Å²) in [5.41, 5.74) is 3.48. The van der Waals surface area contributed by atoms with Gasteiger partial charge in [-0.2, -0.15) is 0 Å². The third kappa shape index (κ3) is 5.17. The Hall–Kier alpha value is -1.68. The van der Waals surface area contributed by atoms with Crippen LogP contribution in [0.3, 0.4) is 0 Å². The normalized spacial score (nSPS) is 10.7. The first kappa shape index (κ1) is 17.7. The molecule has 0 fully saturated rings. The Labute approximate surface area is 147 Å². The van der Waals surface area contributed by atoms with Crippen molar-refractivity contribution >= 4 is 21.6 Å². The summed E-state index contributed by atoms with van der Waals surface area (Å²) < 4.78 is 12.6. The van der Waals surface area contributed by atoms with Gasteiger partial charge in [0.25, 0.3) is 0 Å². The van der Waals surface area contributed by atoms with Crippen molar-refractivity contribution in [1.82, 2.24) is 0 Å². The summed E-state index contributed by atoms with van der Waals surface area (Å²) in [7, 11) is 0. The van der Waals surface area contributed by atoms with Gasteiger partial charge in [0.15, 0.2) is 11.5 Å². The molecule has 0 aliphatic carbocycles. The summed E-state index contributed by atoms with van der Waals surface area (Å²) in [5.74, 6) is 1.55. The number of rotatable bonds is 7. The molecule has 0 saturated carbocycles. The highest BCUT2D eigenvalue weighted by molar-refractivity contribution is 9.10. The van der Waals surface area contributed by atoms with Crippen LogP contribution in [-0.4, -0.2) is 12.7 Å². The predicted molar refractivity (Wildman–Crippen MR) is 99.6 cm³/mol. The standard InChI is InChI=1S/C19H24BrNO2/c1-5-22-18-10-15(17(20)11-19(18)23-13(2)3)12-21-16-8-6-14(4)7-9-16/h6-11,13,21H,5,12H2,1-4H3. The van der Waals surface area contributed by atoms with Crippen LogP contribution in [0.5, 0.6) is 11.5 Å². The molecule has 0 aromatic heterocycles. The molecule has 2 aromatic carbocycles. The van der Waals surface area contributed by atoms with E-state index in [0.717, 1.165) is 27.2 Å². The van der Waals surface area contributed by atoms with Crippen LogP contribution in [0.1, 0.15) is 31.9 Å². The Balaban J connectivity index is 2.17. The summed E-state index contributed by atoms with van der Waals surface area (Å²) in [6.45, 7) is 9.41. The highest BCUT2D eigenvalue weighted by Gasteiger charge is 2.12. The van der Waals surface area contributed by atoms with Crippen molar-refractivity contribution in [2.75, 3.05) is 11.9 Å². The second-order valence-corrected chi connectivity index (χ2v) is 6.56. The first-order valence-electron chi connectivity index (χ1n) is 7.92. The van der Waals surface area contributed by atoms with E-state index in [1.807, 2.05) is 32.9 Å². The number of benzene rings is 2. The summed E-state index contributed by atoms with van der Waals surface area (Å²) in [5, 5.41) is 3.43. The molecule has 0 atom stereocenters. The van der Waals surface area contributed by atoms with Crippen LogP contribution in [0.4, 0.5) is 5.69 Å². The van der Waals surface area contributed by atoms with Crippen LogP contribution in [0.25, 0.3) is 0 Å². The number of anilines is 1. The molecule has 3 nitrogen and oxygen atoms in total. The molecule has 2 aromatic rings. The molecule has 0 aliphatic rings. The minimum atomic E-state index is 0.109. The van der Waals surface area contributed by atoms with Crippen LogP contribution >= 0.6 is 15.9 Å². The lowest BCUT2D eigenvalue weighted by atomic mass is 10.2. The van der Waals surface area contributed by atoms with Gasteiger partial charge in [-0.25, -0.2) is 0 Å². The molecule has 2 rings (SSSR count). The third-order valence-corrected chi connectivity index (χ3v) is 4.05. The minimum absolute atomic E-state index is 0.109. The molecule has 23 heavy (non-hydrogen) atoms. The van der Waals surface area contributed by atoms with E-state index in [1.54, 1.807) is 0 Å². The largest absolute Gasteiger partial charge is 0.490 e. The van der Waals surface area contributed by atoms with Crippen LogP contribution in [-0.2, 0) is 6.54 Å². The zero-order valence-electron chi connectivity index (χ0n) is 14.2. The van der Waals surface area contributed by atoms with Gasteiger partial charge in [0.2, 0.25) is 0 Å². The fourth-order valence-corrected chi connectivity index (χ4v) is 2.66. The van der Waals surface area contributed by atoms with Crippen molar-refractivity contribution in [2.45, 2.75) is 40.3 Å². The second kappa shape index (κ2) is 8.25. The lowest BCUT2D eigenvalue weighted by Crippen LogP contribution is -2.08. The quantitative estimate of drug-likeness (QED) is 0.685. The molecule has 0 spiro atoms. The SMILES string of the molecule is CCOc1cc(CNc2ccc(C)cc2)c(Br)cc1OC(C)C. The number of halogens is 1. The van der Waals surface area contributed by atoms with Gasteiger partial charge in [-0.05, 0) is 57.5 Å². The van der Waals surface area contributed by atoms with Crippen molar-refractivity contribution in [2.24, 2.45) is 0 Å². The first-order chi connectivity index (χ1) is 11.0.